The Morgan fingerprint density at radius 2 is 2.27 bits per heavy atom. The lowest BCUT2D eigenvalue weighted by Gasteiger charge is -2.01. The van der Waals surface area contributed by atoms with Gasteiger partial charge in [-0.15, -0.1) is 0 Å². The van der Waals surface area contributed by atoms with Gasteiger partial charge in [-0.05, 0) is 17.1 Å². The fourth-order valence-electron chi connectivity index (χ4n) is 0.702. The van der Waals surface area contributed by atoms with E-state index in [1.165, 1.54) is 6.20 Å². The van der Waals surface area contributed by atoms with Gasteiger partial charge in [0.15, 0.2) is 0 Å². The predicted octanol–water partition coefficient (Wildman–Crippen LogP) is 0.107. The fourth-order valence-corrected chi connectivity index (χ4v) is 0.702. The minimum absolute atomic E-state index is 0.262. The topological polar surface area (TPSA) is 53.4 Å². The first kappa shape index (κ1) is 7.98. The molecule has 0 fully saturated rings. The van der Waals surface area contributed by atoms with Crippen LogP contribution in [0.1, 0.15) is 5.56 Å². The molecule has 1 aromatic rings. The molecule has 0 bridgehead atoms. The van der Waals surface area contributed by atoms with Gasteiger partial charge in [0.25, 0.3) is 0 Å². The van der Waals surface area contributed by atoms with E-state index in [0.29, 0.717) is 5.56 Å². The Kier molecular flexibility index (Phi) is 2.41. The van der Waals surface area contributed by atoms with Crippen LogP contribution in [0.25, 0.3) is 5.47 Å². The van der Waals surface area contributed by atoms with Gasteiger partial charge in [0.05, 0.1) is 0 Å². The average molecular weight is 149 g/mol. The van der Waals surface area contributed by atoms with E-state index in [9.17, 15) is 0 Å². The van der Waals surface area contributed by atoms with E-state index in [0.717, 1.165) is 0 Å². The van der Waals surface area contributed by atoms with Gasteiger partial charge in [-0.3, -0.25) is 4.98 Å². The lowest BCUT2D eigenvalue weighted by atomic mass is 9.77. The lowest BCUT2D eigenvalue weighted by Crippen LogP contribution is -2.13. The standard InChI is InChI=1S/C7H8BNO2/c1-6(8(10)11)7-3-2-4-9-5-7/h2-5,10-11H,1H2. The number of nitrogens with zero attached hydrogens (tertiary/aromatic N) is 1. The highest BCUT2D eigenvalue weighted by atomic mass is 16.4. The molecule has 0 radical (unpaired) electrons. The van der Waals surface area contributed by atoms with E-state index < -0.39 is 7.12 Å². The zero-order valence-corrected chi connectivity index (χ0v) is 5.94. The molecule has 1 heterocycles. The van der Waals surface area contributed by atoms with Gasteiger partial charge in [0, 0.05) is 12.4 Å². The molecule has 0 aliphatic heterocycles. The Labute approximate surface area is 65.2 Å². The van der Waals surface area contributed by atoms with Gasteiger partial charge in [0.1, 0.15) is 0 Å². The second kappa shape index (κ2) is 3.32. The van der Waals surface area contributed by atoms with Crippen LogP contribution >= 0.6 is 0 Å². The maximum Gasteiger partial charge on any atom is 0.488 e. The van der Waals surface area contributed by atoms with Gasteiger partial charge in [-0.2, -0.15) is 0 Å². The third-order valence-electron chi connectivity index (χ3n) is 1.34. The van der Waals surface area contributed by atoms with Crippen LogP contribution in [-0.4, -0.2) is 22.2 Å². The van der Waals surface area contributed by atoms with Crippen LogP contribution in [0.3, 0.4) is 0 Å². The average Bonchev–Trinajstić information content (AvgIpc) is 2.05. The van der Waals surface area contributed by atoms with E-state index >= 15 is 0 Å². The van der Waals surface area contributed by atoms with Crippen molar-refractivity contribution in [3.05, 3.63) is 36.7 Å². The van der Waals surface area contributed by atoms with Gasteiger partial charge in [-0.1, -0.05) is 12.6 Å². The second-order valence-corrected chi connectivity index (χ2v) is 2.14. The highest BCUT2D eigenvalue weighted by Gasteiger charge is 2.13. The van der Waals surface area contributed by atoms with Crippen LogP contribution in [0.2, 0.25) is 0 Å². The smallest absolute Gasteiger partial charge is 0.423 e. The molecule has 0 saturated heterocycles. The number of aromatic nitrogens is 1. The van der Waals surface area contributed by atoms with E-state index in [1.54, 1.807) is 18.3 Å². The largest absolute Gasteiger partial charge is 0.488 e. The zero-order chi connectivity index (χ0) is 8.27. The summed E-state index contributed by atoms with van der Waals surface area (Å²) in [6.45, 7) is 3.48. The molecule has 0 atom stereocenters. The molecular formula is C7H8BNO2. The van der Waals surface area contributed by atoms with Crippen LogP contribution in [0.5, 0.6) is 0 Å². The summed E-state index contributed by atoms with van der Waals surface area (Å²) in [4.78, 5) is 3.81. The van der Waals surface area contributed by atoms with Crippen molar-refractivity contribution >= 4 is 12.6 Å². The normalized spacial score (nSPS) is 9.27. The molecule has 0 amide bonds. The predicted molar refractivity (Wildman–Crippen MR) is 43.5 cm³/mol. The summed E-state index contributed by atoms with van der Waals surface area (Å²) >= 11 is 0. The van der Waals surface area contributed by atoms with Crippen molar-refractivity contribution in [2.75, 3.05) is 0 Å². The lowest BCUT2D eigenvalue weighted by molar-refractivity contribution is 0.427. The minimum Gasteiger partial charge on any atom is -0.423 e. The SMILES string of the molecule is C=C(B(O)O)c1cccnc1. The van der Waals surface area contributed by atoms with E-state index in [1.807, 2.05) is 0 Å². The van der Waals surface area contributed by atoms with Crippen molar-refractivity contribution in [3.8, 4) is 0 Å². The molecule has 0 spiro atoms. The van der Waals surface area contributed by atoms with E-state index in [4.69, 9.17) is 10.0 Å². The molecule has 1 aromatic heterocycles. The molecule has 11 heavy (non-hydrogen) atoms. The Bertz CT molecular complexity index is 248. The summed E-state index contributed by atoms with van der Waals surface area (Å²) in [5.74, 6) is 0. The highest BCUT2D eigenvalue weighted by Crippen LogP contribution is 2.10. The van der Waals surface area contributed by atoms with Gasteiger partial charge >= 0.3 is 7.12 Å². The van der Waals surface area contributed by atoms with Crippen LogP contribution < -0.4 is 0 Å². The summed E-state index contributed by atoms with van der Waals surface area (Å²) < 4.78 is 0. The summed E-state index contributed by atoms with van der Waals surface area (Å²) in [5, 5.41) is 17.4. The first-order valence-electron chi connectivity index (χ1n) is 3.17. The molecule has 0 aliphatic carbocycles. The number of rotatable bonds is 2. The van der Waals surface area contributed by atoms with Crippen molar-refractivity contribution in [1.82, 2.24) is 4.98 Å². The van der Waals surface area contributed by atoms with Crippen molar-refractivity contribution in [2.45, 2.75) is 0 Å². The first-order chi connectivity index (χ1) is 5.22. The monoisotopic (exact) mass is 149 g/mol. The highest BCUT2D eigenvalue weighted by molar-refractivity contribution is 6.65. The molecular weight excluding hydrogens is 141 g/mol. The van der Waals surface area contributed by atoms with E-state index in [2.05, 4.69) is 11.6 Å². The maximum atomic E-state index is 8.70. The molecule has 2 N–H and O–H groups in total. The fraction of sp³-hybridized carbons (Fsp3) is 0. The Balaban J connectivity index is 2.86. The van der Waals surface area contributed by atoms with Crippen LogP contribution in [0.4, 0.5) is 0 Å². The van der Waals surface area contributed by atoms with Crippen molar-refractivity contribution in [1.29, 1.82) is 0 Å². The Morgan fingerprint density at radius 3 is 2.73 bits per heavy atom. The summed E-state index contributed by atoms with van der Waals surface area (Å²) in [5.41, 5.74) is 0.903. The Morgan fingerprint density at radius 1 is 1.55 bits per heavy atom. The van der Waals surface area contributed by atoms with Crippen molar-refractivity contribution < 1.29 is 10.0 Å². The zero-order valence-electron chi connectivity index (χ0n) is 5.94. The van der Waals surface area contributed by atoms with Crippen LogP contribution in [0.15, 0.2) is 31.1 Å². The number of hydrogen-bond donors (Lipinski definition) is 2. The van der Waals surface area contributed by atoms with Gasteiger partial charge in [0.2, 0.25) is 0 Å². The first-order valence-corrected chi connectivity index (χ1v) is 3.17. The van der Waals surface area contributed by atoms with Gasteiger partial charge < -0.3 is 10.0 Å². The maximum absolute atomic E-state index is 8.70. The molecule has 0 aromatic carbocycles. The molecule has 4 heteroatoms. The van der Waals surface area contributed by atoms with E-state index in [-0.39, 0.29) is 5.47 Å². The van der Waals surface area contributed by atoms with Crippen LogP contribution in [0, 0.1) is 0 Å². The molecule has 56 valence electrons. The van der Waals surface area contributed by atoms with Crippen molar-refractivity contribution in [2.24, 2.45) is 0 Å². The molecule has 0 aliphatic rings. The number of pyridine rings is 1. The van der Waals surface area contributed by atoms with Crippen LogP contribution in [-0.2, 0) is 0 Å². The summed E-state index contributed by atoms with van der Waals surface area (Å²) in [6, 6.07) is 3.43. The molecule has 1 rings (SSSR count). The molecule has 0 unspecified atom stereocenters. The second-order valence-electron chi connectivity index (χ2n) is 2.14. The summed E-state index contributed by atoms with van der Waals surface area (Å²) in [7, 11) is -1.50. The number of hydrogen-bond acceptors (Lipinski definition) is 3. The molecule has 0 saturated carbocycles. The third-order valence-corrected chi connectivity index (χ3v) is 1.34. The molecule has 3 nitrogen and oxygen atoms in total. The van der Waals surface area contributed by atoms with Crippen molar-refractivity contribution in [3.63, 3.8) is 0 Å². The summed E-state index contributed by atoms with van der Waals surface area (Å²) in [6.07, 6.45) is 3.14. The Hall–Kier alpha value is -1.13. The third kappa shape index (κ3) is 1.90. The van der Waals surface area contributed by atoms with Gasteiger partial charge in [-0.25, -0.2) is 0 Å². The quantitative estimate of drug-likeness (QED) is 0.586. The minimum atomic E-state index is -1.50.